The predicted octanol–water partition coefficient (Wildman–Crippen LogP) is 2.30. The van der Waals surface area contributed by atoms with Crippen LogP contribution in [0.3, 0.4) is 0 Å². The Hall–Kier alpha value is -2.20. The molecule has 0 radical (unpaired) electrons. The fourth-order valence-corrected chi connectivity index (χ4v) is 2.78. The first-order valence-electron chi connectivity index (χ1n) is 6.69. The van der Waals surface area contributed by atoms with Crippen LogP contribution in [-0.4, -0.2) is 36.8 Å². The molecule has 23 heavy (non-hydrogen) atoms. The van der Waals surface area contributed by atoms with Gasteiger partial charge in [-0.3, -0.25) is 14.9 Å². The number of amides is 1. The van der Waals surface area contributed by atoms with Gasteiger partial charge in [0.05, 0.1) is 27.4 Å². The molecular formula is C12H11ClN6O3S. The maximum absolute atomic E-state index is 12.0. The summed E-state index contributed by atoms with van der Waals surface area (Å²) in [5, 5.41) is 25.5. The Balaban J connectivity index is 1.62. The van der Waals surface area contributed by atoms with E-state index >= 15 is 0 Å². The van der Waals surface area contributed by atoms with Crippen molar-refractivity contribution in [1.82, 2.24) is 20.2 Å². The van der Waals surface area contributed by atoms with Crippen LogP contribution >= 0.6 is 23.4 Å². The maximum atomic E-state index is 12.0. The number of thioether (sulfide) groups is 1. The molecule has 3 rings (SSSR count). The lowest BCUT2D eigenvalue weighted by molar-refractivity contribution is -0.384. The highest BCUT2D eigenvalue weighted by molar-refractivity contribution is 7.99. The number of tetrazole rings is 1. The largest absolute Gasteiger partial charge is 0.324 e. The molecule has 0 unspecified atom stereocenters. The molecule has 1 heterocycles. The number of hydrogen-bond donors (Lipinski definition) is 1. The summed E-state index contributed by atoms with van der Waals surface area (Å²) in [5.41, 5.74) is 0.0586. The molecule has 1 amide bonds. The summed E-state index contributed by atoms with van der Waals surface area (Å²) in [5.74, 6) is -0.269. The van der Waals surface area contributed by atoms with Gasteiger partial charge in [-0.2, -0.15) is 0 Å². The average molecular weight is 355 g/mol. The quantitative estimate of drug-likeness (QED) is 0.480. The fourth-order valence-electron chi connectivity index (χ4n) is 1.87. The minimum atomic E-state index is -0.551. The number of carbonyl (C=O) groups excluding carboxylic acids is 1. The summed E-state index contributed by atoms with van der Waals surface area (Å²) in [7, 11) is 0. The van der Waals surface area contributed by atoms with Gasteiger partial charge in [-0.05, 0) is 29.3 Å². The molecule has 0 atom stereocenters. The van der Waals surface area contributed by atoms with Crippen LogP contribution in [0.1, 0.15) is 18.9 Å². The molecule has 1 aliphatic carbocycles. The van der Waals surface area contributed by atoms with Crippen LogP contribution in [0.5, 0.6) is 0 Å². The van der Waals surface area contributed by atoms with Gasteiger partial charge in [-0.1, -0.05) is 23.4 Å². The van der Waals surface area contributed by atoms with E-state index in [9.17, 15) is 14.9 Å². The van der Waals surface area contributed by atoms with Crippen molar-refractivity contribution in [2.75, 3.05) is 11.1 Å². The Morgan fingerprint density at radius 2 is 2.30 bits per heavy atom. The molecular weight excluding hydrogens is 344 g/mol. The molecule has 1 aromatic carbocycles. The number of aromatic nitrogens is 4. The first-order valence-corrected chi connectivity index (χ1v) is 8.05. The number of carbonyl (C=O) groups is 1. The smallest absolute Gasteiger partial charge is 0.271 e. The zero-order valence-electron chi connectivity index (χ0n) is 11.7. The summed E-state index contributed by atoms with van der Waals surface area (Å²) >= 11 is 7.14. The number of nitro benzene ring substituents is 1. The third kappa shape index (κ3) is 3.77. The van der Waals surface area contributed by atoms with Crippen molar-refractivity contribution in [1.29, 1.82) is 0 Å². The molecule has 1 aliphatic rings. The Kier molecular flexibility index (Phi) is 4.44. The molecule has 0 bridgehead atoms. The van der Waals surface area contributed by atoms with Crippen molar-refractivity contribution in [3.63, 3.8) is 0 Å². The van der Waals surface area contributed by atoms with E-state index in [4.69, 9.17) is 11.6 Å². The summed E-state index contributed by atoms with van der Waals surface area (Å²) < 4.78 is 1.71. The van der Waals surface area contributed by atoms with Crippen LogP contribution in [0.2, 0.25) is 5.02 Å². The minimum absolute atomic E-state index is 0.0755. The molecule has 9 nitrogen and oxygen atoms in total. The lowest BCUT2D eigenvalue weighted by Gasteiger charge is -2.07. The third-order valence-corrected chi connectivity index (χ3v) is 4.39. The number of nitro groups is 1. The van der Waals surface area contributed by atoms with E-state index in [0.717, 1.165) is 12.8 Å². The normalized spacial score (nSPS) is 13.8. The highest BCUT2D eigenvalue weighted by Crippen LogP contribution is 2.36. The Morgan fingerprint density at radius 1 is 1.52 bits per heavy atom. The molecule has 1 N–H and O–H groups in total. The van der Waals surface area contributed by atoms with Crippen molar-refractivity contribution < 1.29 is 9.72 Å². The summed E-state index contributed by atoms with van der Waals surface area (Å²) in [6.07, 6.45) is 2.07. The standard InChI is InChI=1S/C12H11ClN6O3S/c13-9-4-3-8(19(21)22)5-10(9)14-11(20)6-23-12-15-16-17-18(12)7-1-2-7/h3-5,7H,1-2,6H2,(H,14,20). The lowest BCUT2D eigenvalue weighted by atomic mass is 10.3. The first-order chi connectivity index (χ1) is 11.0. The van der Waals surface area contributed by atoms with Gasteiger partial charge in [0.15, 0.2) is 0 Å². The number of rotatable bonds is 6. The Bertz CT molecular complexity index is 763. The second kappa shape index (κ2) is 6.50. The van der Waals surface area contributed by atoms with Crippen molar-refractivity contribution in [3.05, 3.63) is 33.3 Å². The van der Waals surface area contributed by atoms with E-state index in [1.165, 1.54) is 30.0 Å². The van der Waals surface area contributed by atoms with E-state index < -0.39 is 4.92 Å². The van der Waals surface area contributed by atoms with E-state index in [1.807, 2.05) is 0 Å². The number of non-ortho nitro benzene ring substituents is 1. The number of nitrogens with zero attached hydrogens (tertiary/aromatic N) is 5. The fraction of sp³-hybridized carbons (Fsp3) is 0.333. The molecule has 1 aromatic heterocycles. The number of halogens is 1. The SMILES string of the molecule is O=C(CSc1nnnn1C1CC1)Nc1cc([N+](=O)[O-])ccc1Cl. The molecule has 0 spiro atoms. The van der Waals surface area contributed by atoms with Crippen molar-refractivity contribution in [2.24, 2.45) is 0 Å². The van der Waals surface area contributed by atoms with Crippen LogP contribution in [0.15, 0.2) is 23.4 Å². The monoisotopic (exact) mass is 354 g/mol. The van der Waals surface area contributed by atoms with Crippen LogP contribution in [-0.2, 0) is 4.79 Å². The third-order valence-electron chi connectivity index (χ3n) is 3.12. The van der Waals surface area contributed by atoms with Gasteiger partial charge in [0.25, 0.3) is 5.69 Å². The number of benzene rings is 1. The molecule has 1 fully saturated rings. The van der Waals surface area contributed by atoms with E-state index in [0.29, 0.717) is 11.2 Å². The van der Waals surface area contributed by atoms with Gasteiger partial charge in [0, 0.05) is 12.1 Å². The van der Waals surface area contributed by atoms with E-state index in [1.54, 1.807) is 4.68 Å². The summed E-state index contributed by atoms with van der Waals surface area (Å²) in [6, 6.07) is 4.19. The second-order valence-corrected chi connectivity index (χ2v) is 6.25. The predicted molar refractivity (Wildman–Crippen MR) is 83.5 cm³/mol. The van der Waals surface area contributed by atoms with Crippen molar-refractivity contribution in [3.8, 4) is 0 Å². The van der Waals surface area contributed by atoms with Gasteiger partial charge in [0.2, 0.25) is 11.1 Å². The molecule has 11 heteroatoms. The van der Waals surface area contributed by atoms with Gasteiger partial charge in [-0.25, -0.2) is 4.68 Å². The average Bonchev–Trinajstić information content (AvgIpc) is 3.25. The maximum Gasteiger partial charge on any atom is 0.271 e. The molecule has 1 saturated carbocycles. The van der Waals surface area contributed by atoms with E-state index in [2.05, 4.69) is 20.8 Å². The van der Waals surface area contributed by atoms with Crippen molar-refractivity contribution >= 4 is 40.6 Å². The minimum Gasteiger partial charge on any atom is -0.324 e. The second-order valence-electron chi connectivity index (χ2n) is 4.90. The van der Waals surface area contributed by atoms with E-state index in [-0.39, 0.29) is 28.1 Å². The molecule has 0 aliphatic heterocycles. The molecule has 2 aromatic rings. The highest BCUT2D eigenvalue weighted by Gasteiger charge is 2.28. The molecule has 0 saturated heterocycles. The van der Waals surface area contributed by atoms with Gasteiger partial charge < -0.3 is 5.32 Å². The van der Waals surface area contributed by atoms with Crippen LogP contribution in [0.4, 0.5) is 11.4 Å². The Labute approximate surface area is 139 Å². The van der Waals surface area contributed by atoms with Gasteiger partial charge >= 0.3 is 0 Å². The first kappa shape index (κ1) is 15.7. The van der Waals surface area contributed by atoms with Crippen LogP contribution in [0.25, 0.3) is 0 Å². The lowest BCUT2D eigenvalue weighted by Crippen LogP contribution is -2.15. The summed E-state index contributed by atoms with van der Waals surface area (Å²) in [6.45, 7) is 0. The number of anilines is 1. The van der Waals surface area contributed by atoms with Gasteiger partial charge in [0.1, 0.15) is 0 Å². The molecule has 120 valence electrons. The zero-order chi connectivity index (χ0) is 16.4. The summed E-state index contributed by atoms with van der Waals surface area (Å²) in [4.78, 5) is 22.2. The number of hydrogen-bond acceptors (Lipinski definition) is 7. The topological polar surface area (TPSA) is 116 Å². The van der Waals surface area contributed by atoms with Gasteiger partial charge in [-0.15, -0.1) is 5.10 Å². The van der Waals surface area contributed by atoms with Crippen LogP contribution < -0.4 is 5.32 Å². The highest BCUT2D eigenvalue weighted by atomic mass is 35.5. The number of nitrogens with one attached hydrogen (secondary N) is 1. The Morgan fingerprint density at radius 3 is 3.00 bits per heavy atom. The van der Waals surface area contributed by atoms with Crippen LogP contribution in [0, 0.1) is 10.1 Å². The zero-order valence-corrected chi connectivity index (χ0v) is 13.3. The van der Waals surface area contributed by atoms with Crippen molar-refractivity contribution in [2.45, 2.75) is 24.0 Å².